The fourth-order valence-electron chi connectivity index (χ4n) is 3.04. The Morgan fingerprint density at radius 1 is 1.21 bits per heavy atom. The van der Waals surface area contributed by atoms with Crippen LogP contribution in [0.3, 0.4) is 0 Å². The van der Waals surface area contributed by atoms with Gasteiger partial charge in [-0.15, -0.1) is 0 Å². The molecule has 0 aromatic rings. The molecule has 1 saturated carbocycles. The van der Waals surface area contributed by atoms with Crippen molar-refractivity contribution in [2.24, 2.45) is 23.0 Å². The standard InChI is InChI=1S/C13H27N/c1-5-6-10-7-8-11(14)9-12(10)13(2,3)4/h10-12H,5-9,14H2,1-4H3. The molecule has 1 aliphatic carbocycles. The molecule has 0 spiro atoms. The summed E-state index contributed by atoms with van der Waals surface area (Å²) in [4.78, 5) is 0. The highest BCUT2D eigenvalue weighted by Crippen LogP contribution is 2.43. The van der Waals surface area contributed by atoms with Gasteiger partial charge in [-0.2, -0.15) is 0 Å². The average molecular weight is 197 g/mol. The molecule has 1 rings (SSSR count). The Kier molecular flexibility index (Phi) is 4.00. The number of nitrogens with two attached hydrogens (primary N) is 1. The zero-order chi connectivity index (χ0) is 10.8. The summed E-state index contributed by atoms with van der Waals surface area (Å²) in [6.45, 7) is 9.42. The van der Waals surface area contributed by atoms with Crippen LogP contribution in [0.1, 0.15) is 59.8 Å². The minimum Gasteiger partial charge on any atom is -0.328 e. The van der Waals surface area contributed by atoms with Crippen LogP contribution in [0.2, 0.25) is 0 Å². The highest BCUT2D eigenvalue weighted by atomic mass is 14.6. The molecule has 0 aromatic heterocycles. The van der Waals surface area contributed by atoms with Crippen LogP contribution in [0.5, 0.6) is 0 Å². The van der Waals surface area contributed by atoms with E-state index in [2.05, 4.69) is 27.7 Å². The van der Waals surface area contributed by atoms with E-state index < -0.39 is 0 Å². The molecule has 0 amide bonds. The summed E-state index contributed by atoms with van der Waals surface area (Å²) in [5.41, 5.74) is 6.52. The first-order valence-corrected chi connectivity index (χ1v) is 6.20. The first kappa shape index (κ1) is 12.0. The molecule has 0 aromatic carbocycles. The highest BCUT2D eigenvalue weighted by Gasteiger charge is 2.35. The van der Waals surface area contributed by atoms with Gasteiger partial charge in [-0.05, 0) is 36.5 Å². The average Bonchev–Trinajstić information content (AvgIpc) is 2.07. The normalized spacial score (nSPS) is 34.5. The first-order valence-electron chi connectivity index (χ1n) is 6.20. The maximum Gasteiger partial charge on any atom is 0.00418 e. The van der Waals surface area contributed by atoms with Crippen LogP contribution in [0, 0.1) is 17.3 Å². The molecule has 0 bridgehead atoms. The van der Waals surface area contributed by atoms with Crippen LogP contribution in [0.25, 0.3) is 0 Å². The Morgan fingerprint density at radius 2 is 1.86 bits per heavy atom. The molecule has 0 heterocycles. The highest BCUT2D eigenvalue weighted by molar-refractivity contribution is 4.88. The topological polar surface area (TPSA) is 26.0 Å². The van der Waals surface area contributed by atoms with Crippen LogP contribution in [-0.2, 0) is 0 Å². The van der Waals surface area contributed by atoms with Gasteiger partial charge in [0.1, 0.15) is 0 Å². The zero-order valence-electron chi connectivity index (χ0n) is 10.3. The molecule has 1 aliphatic rings. The molecule has 1 heteroatoms. The van der Waals surface area contributed by atoms with E-state index in [0.717, 1.165) is 11.8 Å². The van der Waals surface area contributed by atoms with Crippen molar-refractivity contribution in [3.8, 4) is 0 Å². The SMILES string of the molecule is CCCC1CCC(N)CC1C(C)(C)C. The molecular weight excluding hydrogens is 170 g/mol. The third-order valence-corrected chi connectivity index (χ3v) is 3.81. The van der Waals surface area contributed by atoms with Gasteiger partial charge in [0.05, 0.1) is 0 Å². The molecule has 1 fully saturated rings. The van der Waals surface area contributed by atoms with Crippen molar-refractivity contribution in [1.29, 1.82) is 0 Å². The predicted molar refractivity (Wildman–Crippen MR) is 63.2 cm³/mol. The van der Waals surface area contributed by atoms with Crippen molar-refractivity contribution in [2.45, 2.75) is 65.8 Å². The third-order valence-electron chi connectivity index (χ3n) is 3.81. The largest absolute Gasteiger partial charge is 0.328 e. The summed E-state index contributed by atoms with van der Waals surface area (Å²) in [6.07, 6.45) is 6.57. The molecule has 3 atom stereocenters. The van der Waals surface area contributed by atoms with E-state index in [4.69, 9.17) is 5.73 Å². The van der Waals surface area contributed by atoms with Crippen LogP contribution in [0.4, 0.5) is 0 Å². The van der Waals surface area contributed by atoms with E-state index in [0.29, 0.717) is 11.5 Å². The van der Waals surface area contributed by atoms with Gasteiger partial charge in [-0.3, -0.25) is 0 Å². The predicted octanol–water partition coefficient (Wildman–Crippen LogP) is 3.58. The monoisotopic (exact) mass is 197 g/mol. The Hall–Kier alpha value is -0.0400. The van der Waals surface area contributed by atoms with E-state index in [1.807, 2.05) is 0 Å². The van der Waals surface area contributed by atoms with Gasteiger partial charge in [0.15, 0.2) is 0 Å². The fourth-order valence-corrected chi connectivity index (χ4v) is 3.04. The van der Waals surface area contributed by atoms with Crippen LogP contribution in [0.15, 0.2) is 0 Å². The lowest BCUT2D eigenvalue weighted by Crippen LogP contribution is -2.39. The Bertz CT molecular complexity index is 169. The smallest absolute Gasteiger partial charge is 0.00418 e. The summed E-state index contributed by atoms with van der Waals surface area (Å²) >= 11 is 0. The van der Waals surface area contributed by atoms with E-state index in [1.165, 1.54) is 32.1 Å². The van der Waals surface area contributed by atoms with Crippen molar-refractivity contribution in [1.82, 2.24) is 0 Å². The molecule has 2 N–H and O–H groups in total. The summed E-state index contributed by atoms with van der Waals surface area (Å²) in [7, 11) is 0. The van der Waals surface area contributed by atoms with Gasteiger partial charge in [0.25, 0.3) is 0 Å². The van der Waals surface area contributed by atoms with Gasteiger partial charge in [0.2, 0.25) is 0 Å². The number of rotatable bonds is 2. The summed E-state index contributed by atoms with van der Waals surface area (Å²) in [5.74, 6) is 1.77. The molecular formula is C13H27N. The van der Waals surface area contributed by atoms with E-state index in [-0.39, 0.29) is 0 Å². The number of hydrogen-bond acceptors (Lipinski definition) is 1. The van der Waals surface area contributed by atoms with Gasteiger partial charge in [-0.1, -0.05) is 40.5 Å². The van der Waals surface area contributed by atoms with Crippen molar-refractivity contribution in [3.05, 3.63) is 0 Å². The third kappa shape index (κ3) is 2.98. The minimum absolute atomic E-state index is 0.442. The van der Waals surface area contributed by atoms with Gasteiger partial charge >= 0.3 is 0 Å². The Labute approximate surface area is 89.5 Å². The second-order valence-corrected chi connectivity index (χ2v) is 6.09. The second kappa shape index (κ2) is 4.65. The van der Waals surface area contributed by atoms with E-state index in [1.54, 1.807) is 0 Å². The molecule has 3 unspecified atom stereocenters. The lowest BCUT2D eigenvalue weighted by Gasteiger charge is -2.42. The van der Waals surface area contributed by atoms with Gasteiger partial charge < -0.3 is 5.73 Å². The molecule has 14 heavy (non-hydrogen) atoms. The van der Waals surface area contributed by atoms with Crippen molar-refractivity contribution in [2.75, 3.05) is 0 Å². The summed E-state index contributed by atoms with van der Waals surface area (Å²) in [6, 6.07) is 0.465. The lowest BCUT2D eigenvalue weighted by atomic mass is 9.64. The molecule has 1 nitrogen and oxygen atoms in total. The number of hydrogen-bond donors (Lipinski definition) is 1. The van der Waals surface area contributed by atoms with Crippen molar-refractivity contribution >= 4 is 0 Å². The fraction of sp³-hybridized carbons (Fsp3) is 1.00. The zero-order valence-corrected chi connectivity index (χ0v) is 10.3. The Morgan fingerprint density at radius 3 is 2.36 bits per heavy atom. The van der Waals surface area contributed by atoms with Crippen LogP contribution in [-0.4, -0.2) is 6.04 Å². The molecule has 0 radical (unpaired) electrons. The first-order chi connectivity index (χ1) is 6.45. The molecule has 0 aliphatic heterocycles. The second-order valence-electron chi connectivity index (χ2n) is 6.09. The van der Waals surface area contributed by atoms with E-state index in [9.17, 15) is 0 Å². The van der Waals surface area contributed by atoms with Crippen LogP contribution < -0.4 is 5.73 Å². The molecule has 0 saturated heterocycles. The Balaban J connectivity index is 2.64. The van der Waals surface area contributed by atoms with Crippen molar-refractivity contribution in [3.63, 3.8) is 0 Å². The van der Waals surface area contributed by atoms with Crippen LogP contribution >= 0.6 is 0 Å². The van der Waals surface area contributed by atoms with Crippen molar-refractivity contribution < 1.29 is 0 Å². The minimum atomic E-state index is 0.442. The summed E-state index contributed by atoms with van der Waals surface area (Å²) in [5, 5.41) is 0. The molecule has 84 valence electrons. The quantitative estimate of drug-likeness (QED) is 0.719. The van der Waals surface area contributed by atoms with Gasteiger partial charge in [-0.25, -0.2) is 0 Å². The maximum absolute atomic E-state index is 6.08. The van der Waals surface area contributed by atoms with Gasteiger partial charge in [0, 0.05) is 6.04 Å². The summed E-state index contributed by atoms with van der Waals surface area (Å²) < 4.78 is 0. The lowest BCUT2D eigenvalue weighted by molar-refractivity contribution is 0.0907. The van der Waals surface area contributed by atoms with E-state index >= 15 is 0 Å². The maximum atomic E-state index is 6.08.